The minimum atomic E-state index is 0.433. The van der Waals surface area contributed by atoms with Gasteiger partial charge in [0, 0.05) is 36.5 Å². The number of anilines is 3. The van der Waals surface area contributed by atoms with E-state index < -0.39 is 0 Å². The molecular weight excluding hydrogens is 336 g/mol. The number of nitrogens with zero attached hydrogens (tertiary/aromatic N) is 4. The average molecular weight is 362 g/mol. The Labute approximate surface area is 160 Å². The van der Waals surface area contributed by atoms with Crippen LogP contribution in [0.15, 0.2) is 54.4 Å². The summed E-state index contributed by atoms with van der Waals surface area (Å²) in [7, 11) is 0. The van der Waals surface area contributed by atoms with Gasteiger partial charge in [0.2, 0.25) is 5.95 Å². The van der Waals surface area contributed by atoms with Crippen LogP contribution in [0.1, 0.15) is 44.6 Å². The molecule has 1 saturated carbocycles. The summed E-state index contributed by atoms with van der Waals surface area (Å²) in [4.78, 5) is 17.7. The molecule has 2 heterocycles. The van der Waals surface area contributed by atoms with Crippen molar-refractivity contribution in [2.75, 3.05) is 10.6 Å². The lowest BCUT2D eigenvalue weighted by molar-refractivity contribution is 0.462. The van der Waals surface area contributed by atoms with Gasteiger partial charge in [-0.2, -0.15) is 4.98 Å². The second kappa shape index (κ2) is 9.62. The van der Waals surface area contributed by atoms with E-state index in [1.54, 1.807) is 24.7 Å². The number of hydrogen-bond acceptors (Lipinski definition) is 6. The van der Waals surface area contributed by atoms with Crippen molar-refractivity contribution >= 4 is 29.4 Å². The highest BCUT2D eigenvalue weighted by Gasteiger charge is 2.17. The van der Waals surface area contributed by atoms with E-state index in [0.717, 1.165) is 35.6 Å². The molecule has 0 aliphatic heterocycles. The zero-order chi connectivity index (χ0) is 18.9. The van der Waals surface area contributed by atoms with E-state index in [9.17, 15) is 0 Å². The smallest absolute Gasteiger partial charge is 0.229 e. The van der Waals surface area contributed by atoms with E-state index in [1.807, 2.05) is 31.3 Å². The molecule has 27 heavy (non-hydrogen) atoms. The van der Waals surface area contributed by atoms with E-state index in [-0.39, 0.29) is 0 Å². The second-order valence-corrected chi connectivity index (χ2v) is 6.48. The predicted octanol–water partition coefficient (Wildman–Crippen LogP) is 4.98. The van der Waals surface area contributed by atoms with Crippen molar-refractivity contribution in [2.45, 2.75) is 45.1 Å². The second-order valence-electron chi connectivity index (χ2n) is 6.48. The van der Waals surface area contributed by atoms with Gasteiger partial charge in [0.25, 0.3) is 0 Å². The highest BCUT2D eigenvalue weighted by atomic mass is 15.2. The van der Waals surface area contributed by atoms with Crippen LogP contribution in [0.3, 0.4) is 0 Å². The zero-order valence-corrected chi connectivity index (χ0v) is 15.7. The summed E-state index contributed by atoms with van der Waals surface area (Å²) < 4.78 is 0. The summed E-state index contributed by atoms with van der Waals surface area (Å²) in [5, 5.41) is 6.86. The summed E-state index contributed by atoms with van der Waals surface area (Å²) in [6, 6.07) is 4.21. The van der Waals surface area contributed by atoms with E-state index in [4.69, 9.17) is 4.98 Å². The molecule has 2 N–H and O–H groups in total. The van der Waals surface area contributed by atoms with Crippen LogP contribution in [0.2, 0.25) is 0 Å². The van der Waals surface area contributed by atoms with Gasteiger partial charge in [0.15, 0.2) is 0 Å². The molecule has 1 aliphatic rings. The molecule has 3 rings (SSSR count). The van der Waals surface area contributed by atoms with Gasteiger partial charge in [-0.05, 0) is 31.9 Å². The quantitative estimate of drug-likeness (QED) is 0.680. The molecule has 0 atom stereocenters. The third-order valence-electron chi connectivity index (χ3n) is 4.54. The van der Waals surface area contributed by atoms with Crippen LogP contribution < -0.4 is 10.6 Å². The van der Waals surface area contributed by atoms with Gasteiger partial charge < -0.3 is 10.6 Å². The average Bonchev–Trinajstić information content (AvgIpc) is 2.71. The minimum Gasteiger partial charge on any atom is -0.367 e. The standard InChI is InChI=1S/C21H26N6/c1-3-12-23-19(4-2)18-15-24-21(26-17-10-13-22-14-11-17)27-20(18)25-16-8-6-5-7-9-16/h3-4,10-16H,1,5-9H2,2H3,(H2,22,24,25,26,27)/b19-4-,23-12?. The summed E-state index contributed by atoms with van der Waals surface area (Å²) >= 11 is 0. The lowest BCUT2D eigenvalue weighted by atomic mass is 9.95. The van der Waals surface area contributed by atoms with Crippen LogP contribution in [-0.2, 0) is 0 Å². The van der Waals surface area contributed by atoms with E-state index in [1.165, 1.54) is 19.3 Å². The van der Waals surface area contributed by atoms with Crippen molar-refractivity contribution in [3.63, 3.8) is 0 Å². The fraction of sp³-hybridized carbons (Fsp3) is 0.333. The van der Waals surface area contributed by atoms with E-state index >= 15 is 0 Å². The van der Waals surface area contributed by atoms with Gasteiger partial charge in [0.1, 0.15) is 5.82 Å². The summed E-state index contributed by atoms with van der Waals surface area (Å²) in [6.07, 6.45) is 16.7. The SMILES string of the molecule is C=CC=N/C(=C\C)c1cnc(Nc2ccncc2)nc1NC1CCCCC1. The predicted molar refractivity (Wildman–Crippen MR) is 112 cm³/mol. The van der Waals surface area contributed by atoms with Crippen LogP contribution in [0, 0.1) is 0 Å². The molecule has 1 aliphatic carbocycles. The Morgan fingerprint density at radius 3 is 2.70 bits per heavy atom. The maximum Gasteiger partial charge on any atom is 0.229 e. The maximum absolute atomic E-state index is 4.74. The van der Waals surface area contributed by atoms with Gasteiger partial charge in [-0.15, -0.1) is 0 Å². The highest BCUT2D eigenvalue weighted by molar-refractivity contribution is 5.82. The molecule has 0 radical (unpaired) electrons. The first kappa shape index (κ1) is 18.8. The van der Waals surface area contributed by atoms with Crippen LogP contribution >= 0.6 is 0 Å². The van der Waals surface area contributed by atoms with Gasteiger partial charge in [-0.25, -0.2) is 4.98 Å². The number of aromatic nitrogens is 3. The van der Waals surface area contributed by atoms with Crippen molar-refractivity contribution in [1.29, 1.82) is 0 Å². The molecule has 6 heteroatoms. The third kappa shape index (κ3) is 5.23. The molecule has 1 fully saturated rings. The maximum atomic E-state index is 4.74. The first-order valence-electron chi connectivity index (χ1n) is 9.42. The normalized spacial score (nSPS) is 15.7. The Balaban J connectivity index is 1.91. The molecule has 0 unspecified atom stereocenters. The molecule has 2 aromatic heterocycles. The molecule has 2 aromatic rings. The van der Waals surface area contributed by atoms with Crippen LogP contribution in [0.5, 0.6) is 0 Å². The molecule has 140 valence electrons. The first-order chi connectivity index (χ1) is 13.3. The zero-order valence-electron chi connectivity index (χ0n) is 15.7. The molecule has 0 bridgehead atoms. The number of allylic oxidation sites excluding steroid dienone is 2. The molecule has 0 spiro atoms. The third-order valence-corrected chi connectivity index (χ3v) is 4.54. The summed E-state index contributed by atoms with van der Waals surface area (Å²) in [5.74, 6) is 1.36. The minimum absolute atomic E-state index is 0.433. The van der Waals surface area contributed by atoms with Crippen LogP contribution in [0.4, 0.5) is 17.5 Å². The molecule has 0 amide bonds. The fourth-order valence-electron chi connectivity index (χ4n) is 3.18. The monoisotopic (exact) mass is 362 g/mol. The van der Waals surface area contributed by atoms with Crippen molar-refractivity contribution in [3.8, 4) is 0 Å². The van der Waals surface area contributed by atoms with E-state index in [0.29, 0.717) is 12.0 Å². The summed E-state index contributed by atoms with van der Waals surface area (Å²) in [6.45, 7) is 5.66. The first-order valence-corrected chi connectivity index (χ1v) is 9.42. The Bertz CT molecular complexity index is 807. The number of pyridine rings is 1. The number of aliphatic imine (C=N–C) groups is 1. The Hall–Kier alpha value is -3.02. The van der Waals surface area contributed by atoms with Gasteiger partial charge in [-0.1, -0.05) is 38.0 Å². The van der Waals surface area contributed by atoms with Crippen molar-refractivity contribution in [3.05, 3.63) is 55.0 Å². The van der Waals surface area contributed by atoms with Crippen LogP contribution in [-0.4, -0.2) is 27.2 Å². The van der Waals surface area contributed by atoms with Crippen molar-refractivity contribution in [2.24, 2.45) is 4.99 Å². The number of rotatable bonds is 7. The van der Waals surface area contributed by atoms with Gasteiger partial charge >= 0.3 is 0 Å². The fourth-order valence-corrected chi connectivity index (χ4v) is 3.18. The largest absolute Gasteiger partial charge is 0.367 e. The van der Waals surface area contributed by atoms with Crippen LogP contribution in [0.25, 0.3) is 5.70 Å². The lowest BCUT2D eigenvalue weighted by Gasteiger charge is -2.24. The number of nitrogens with one attached hydrogen (secondary N) is 2. The number of hydrogen-bond donors (Lipinski definition) is 2. The molecule has 0 aromatic carbocycles. The van der Waals surface area contributed by atoms with E-state index in [2.05, 4.69) is 32.2 Å². The molecule has 0 saturated heterocycles. The van der Waals surface area contributed by atoms with Gasteiger partial charge in [-0.3, -0.25) is 9.98 Å². The lowest BCUT2D eigenvalue weighted by Crippen LogP contribution is -2.24. The highest BCUT2D eigenvalue weighted by Crippen LogP contribution is 2.28. The Morgan fingerprint density at radius 2 is 2.00 bits per heavy atom. The molecular formula is C21H26N6. The summed E-state index contributed by atoms with van der Waals surface area (Å²) in [5.41, 5.74) is 2.61. The van der Waals surface area contributed by atoms with Crippen molar-refractivity contribution < 1.29 is 0 Å². The van der Waals surface area contributed by atoms with Gasteiger partial charge in [0.05, 0.1) is 11.3 Å². The van der Waals surface area contributed by atoms with Crippen molar-refractivity contribution in [1.82, 2.24) is 15.0 Å². The Morgan fingerprint density at radius 1 is 1.22 bits per heavy atom. The Kier molecular flexibility index (Phi) is 6.68. The topological polar surface area (TPSA) is 75.1 Å². The molecule has 6 nitrogen and oxygen atoms in total.